The highest BCUT2D eigenvalue weighted by Gasteiger charge is 2.33. The summed E-state index contributed by atoms with van der Waals surface area (Å²) in [7, 11) is -1.57. The van der Waals surface area contributed by atoms with Gasteiger partial charge in [-0.05, 0) is 24.6 Å². The fourth-order valence-electron chi connectivity index (χ4n) is 2.78. The maximum atomic E-state index is 12.6. The molecule has 9 heteroatoms. The van der Waals surface area contributed by atoms with Crippen molar-refractivity contribution in [3.05, 3.63) is 51.5 Å². The quantitative estimate of drug-likeness (QED) is 0.864. The van der Waals surface area contributed by atoms with E-state index in [4.69, 9.17) is 11.6 Å². The monoisotopic (exact) mass is 381 g/mol. The first-order valence-corrected chi connectivity index (χ1v) is 9.80. The Morgan fingerprint density at radius 2 is 2.00 bits per heavy atom. The summed E-state index contributed by atoms with van der Waals surface area (Å²) >= 11 is 5.85. The topological polar surface area (TPSA) is 100 Å². The van der Waals surface area contributed by atoms with E-state index in [9.17, 15) is 18.0 Å². The van der Waals surface area contributed by atoms with Crippen LogP contribution in [-0.4, -0.2) is 53.8 Å². The van der Waals surface area contributed by atoms with E-state index in [0.717, 1.165) is 0 Å². The molecule has 0 radical (unpaired) electrons. The second kappa shape index (κ2) is 6.61. The van der Waals surface area contributed by atoms with Crippen molar-refractivity contribution in [3.63, 3.8) is 0 Å². The molecule has 3 rings (SSSR count). The zero-order chi connectivity index (χ0) is 18.2. The maximum absolute atomic E-state index is 12.6. The summed E-state index contributed by atoms with van der Waals surface area (Å²) in [5, 5.41) is 0.548. The third-order valence-electron chi connectivity index (χ3n) is 4.19. The maximum Gasteiger partial charge on any atom is 0.346 e. The third-order valence-corrected chi connectivity index (χ3v) is 6.19. The van der Waals surface area contributed by atoms with Crippen molar-refractivity contribution in [3.8, 4) is 11.3 Å². The summed E-state index contributed by atoms with van der Waals surface area (Å²) in [6.45, 7) is 0. The van der Waals surface area contributed by atoms with Crippen LogP contribution in [0.4, 0.5) is 0 Å². The zero-order valence-electron chi connectivity index (χ0n) is 13.4. The molecule has 1 aromatic heterocycles. The van der Waals surface area contributed by atoms with E-state index < -0.39 is 27.5 Å². The number of carbonyl (C=O) groups is 1. The third kappa shape index (κ3) is 3.91. The second-order valence-corrected chi connectivity index (χ2v) is 8.63. The Kier molecular flexibility index (Phi) is 4.66. The van der Waals surface area contributed by atoms with Gasteiger partial charge in [-0.15, -0.1) is 0 Å². The number of H-pyrrole nitrogens is 1. The van der Waals surface area contributed by atoms with Gasteiger partial charge in [-0.1, -0.05) is 23.7 Å². The van der Waals surface area contributed by atoms with Crippen LogP contribution in [0.15, 0.2) is 35.1 Å². The van der Waals surface area contributed by atoms with Crippen LogP contribution in [0.3, 0.4) is 0 Å². The Morgan fingerprint density at radius 1 is 1.32 bits per heavy atom. The van der Waals surface area contributed by atoms with Crippen LogP contribution < -0.4 is 5.69 Å². The molecule has 132 valence electrons. The molecule has 1 aliphatic heterocycles. The number of hydrogen-bond acceptors (Lipinski definition) is 5. The van der Waals surface area contributed by atoms with Crippen LogP contribution in [0.5, 0.6) is 0 Å². The highest BCUT2D eigenvalue weighted by Crippen LogP contribution is 2.21. The van der Waals surface area contributed by atoms with Gasteiger partial charge < -0.3 is 9.88 Å². The Balaban J connectivity index is 1.90. The van der Waals surface area contributed by atoms with Gasteiger partial charge in [0.05, 0.1) is 17.2 Å². The van der Waals surface area contributed by atoms with Gasteiger partial charge in [0.1, 0.15) is 5.69 Å². The van der Waals surface area contributed by atoms with E-state index in [1.807, 2.05) is 0 Å². The van der Waals surface area contributed by atoms with Gasteiger partial charge in [-0.2, -0.15) is 4.98 Å². The minimum atomic E-state index is -3.11. The first-order chi connectivity index (χ1) is 11.7. The molecule has 1 unspecified atom stereocenters. The molecule has 2 heterocycles. The number of nitrogens with zero attached hydrogens (tertiary/aromatic N) is 2. The lowest BCUT2D eigenvalue weighted by Gasteiger charge is -2.23. The Hall–Kier alpha value is -2.19. The number of aromatic amines is 1. The molecule has 0 saturated carbocycles. The largest absolute Gasteiger partial charge is 0.346 e. The highest BCUT2D eigenvalue weighted by molar-refractivity contribution is 7.91. The minimum absolute atomic E-state index is 0.0609. The normalized spacial score (nSPS) is 18.9. The minimum Gasteiger partial charge on any atom is -0.336 e. The number of benzene rings is 1. The average molecular weight is 382 g/mol. The first kappa shape index (κ1) is 17.6. The molecule has 1 amide bonds. The van der Waals surface area contributed by atoms with Crippen molar-refractivity contribution in [1.82, 2.24) is 14.9 Å². The summed E-state index contributed by atoms with van der Waals surface area (Å²) in [5.41, 5.74) is 0.409. The molecule has 7 nitrogen and oxygen atoms in total. The van der Waals surface area contributed by atoms with Gasteiger partial charge in [0.15, 0.2) is 9.84 Å². The van der Waals surface area contributed by atoms with Crippen molar-refractivity contribution >= 4 is 27.3 Å². The molecular formula is C16H16ClN3O4S. The molecule has 1 aromatic carbocycles. The molecule has 1 fully saturated rings. The SMILES string of the molecule is CN(C(=O)c1cc(-c2ccc(Cl)cc2)nc(=O)[nH]1)C1CCS(=O)(=O)C1. The van der Waals surface area contributed by atoms with Gasteiger partial charge in [0, 0.05) is 23.7 Å². The average Bonchev–Trinajstić information content (AvgIpc) is 2.93. The molecule has 1 atom stereocenters. The highest BCUT2D eigenvalue weighted by atomic mass is 35.5. The van der Waals surface area contributed by atoms with Crippen LogP contribution in [0.2, 0.25) is 5.02 Å². The van der Waals surface area contributed by atoms with E-state index in [1.54, 1.807) is 24.3 Å². The number of sulfone groups is 1. The predicted molar refractivity (Wildman–Crippen MR) is 94.5 cm³/mol. The van der Waals surface area contributed by atoms with Crippen LogP contribution in [0.25, 0.3) is 11.3 Å². The van der Waals surface area contributed by atoms with Gasteiger partial charge in [0.25, 0.3) is 5.91 Å². The lowest BCUT2D eigenvalue weighted by atomic mass is 10.1. The Bertz CT molecular complexity index is 970. The Morgan fingerprint density at radius 3 is 2.60 bits per heavy atom. The second-order valence-electron chi connectivity index (χ2n) is 5.97. The van der Waals surface area contributed by atoms with Gasteiger partial charge >= 0.3 is 5.69 Å². The van der Waals surface area contributed by atoms with E-state index in [1.165, 1.54) is 18.0 Å². The standard InChI is InChI=1S/C16H16ClN3O4S/c1-20(12-6-7-25(23,24)9-12)15(21)14-8-13(18-16(22)19-14)10-2-4-11(17)5-3-10/h2-5,8,12H,6-7,9H2,1H3,(H,18,19,22). The molecule has 1 saturated heterocycles. The van der Waals surface area contributed by atoms with Gasteiger partial charge in [-0.3, -0.25) is 4.79 Å². The molecule has 0 bridgehead atoms. The summed E-state index contributed by atoms with van der Waals surface area (Å²) in [5.74, 6) is -0.441. The predicted octanol–water partition coefficient (Wildman–Crippen LogP) is 1.35. The van der Waals surface area contributed by atoms with E-state index in [-0.39, 0.29) is 17.2 Å². The lowest BCUT2D eigenvalue weighted by molar-refractivity contribution is 0.0741. The molecule has 0 spiro atoms. The molecule has 25 heavy (non-hydrogen) atoms. The van der Waals surface area contributed by atoms with Gasteiger partial charge in [0.2, 0.25) is 0 Å². The number of amides is 1. The fraction of sp³-hybridized carbons (Fsp3) is 0.312. The van der Waals surface area contributed by atoms with Crippen molar-refractivity contribution in [2.45, 2.75) is 12.5 Å². The number of rotatable bonds is 3. The van der Waals surface area contributed by atoms with Gasteiger partial charge in [-0.25, -0.2) is 13.2 Å². The Labute approximate surface area is 149 Å². The number of halogens is 1. The van der Waals surface area contributed by atoms with Crippen molar-refractivity contribution in [1.29, 1.82) is 0 Å². The number of nitrogens with one attached hydrogen (secondary N) is 1. The smallest absolute Gasteiger partial charge is 0.336 e. The van der Waals surface area contributed by atoms with Crippen molar-refractivity contribution in [2.24, 2.45) is 0 Å². The summed E-state index contributed by atoms with van der Waals surface area (Å²) in [6, 6.07) is 7.81. The number of carbonyl (C=O) groups excluding carboxylic acids is 1. The van der Waals surface area contributed by atoms with Crippen molar-refractivity contribution in [2.75, 3.05) is 18.6 Å². The first-order valence-electron chi connectivity index (χ1n) is 7.60. The van der Waals surface area contributed by atoms with E-state index in [0.29, 0.717) is 22.7 Å². The molecule has 2 aromatic rings. The molecular weight excluding hydrogens is 366 g/mol. The van der Waals surface area contributed by atoms with Crippen LogP contribution in [0, 0.1) is 0 Å². The molecule has 1 N–H and O–H groups in total. The van der Waals surface area contributed by atoms with E-state index >= 15 is 0 Å². The molecule has 1 aliphatic rings. The number of hydrogen-bond donors (Lipinski definition) is 1. The summed E-state index contributed by atoms with van der Waals surface area (Å²) in [4.78, 5) is 32.1. The van der Waals surface area contributed by atoms with Crippen LogP contribution >= 0.6 is 11.6 Å². The molecule has 0 aliphatic carbocycles. The van der Waals surface area contributed by atoms with Crippen LogP contribution in [-0.2, 0) is 9.84 Å². The lowest BCUT2D eigenvalue weighted by Crippen LogP contribution is -2.39. The fourth-order valence-corrected chi connectivity index (χ4v) is 4.68. The van der Waals surface area contributed by atoms with Crippen LogP contribution in [0.1, 0.15) is 16.9 Å². The summed E-state index contributed by atoms with van der Waals surface area (Å²) in [6.07, 6.45) is 0.393. The number of aromatic nitrogens is 2. The summed E-state index contributed by atoms with van der Waals surface area (Å²) < 4.78 is 23.2. The van der Waals surface area contributed by atoms with Crippen molar-refractivity contribution < 1.29 is 13.2 Å². The van der Waals surface area contributed by atoms with E-state index in [2.05, 4.69) is 9.97 Å². The zero-order valence-corrected chi connectivity index (χ0v) is 15.0.